The minimum atomic E-state index is -4.41. The molecule has 3 atom stereocenters. The van der Waals surface area contributed by atoms with Crippen LogP contribution in [0.4, 0.5) is 0 Å². The highest BCUT2D eigenvalue weighted by atomic mass is 35.5. The summed E-state index contributed by atoms with van der Waals surface area (Å²) in [6.45, 7) is 2.96. The summed E-state index contributed by atoms with van der Waals surface area (Å²) in [7, 11) is -8.34. The number of nitrogens with zero attached hydrogens (tertiary/aromatic N) is 3. The molecule has 0 saturated carbocycles. The lowest BCUT2D eigenvalue weighted by Gasteiger charge is -2.54. The van der Waals surface area contributed by atoms with E-state index in [1.165, 1.54) is 28.0 Å². The molecule has 2 aromatic rings. The average Bonchev–Trinajstić information content (AvgIpc) is 2.81. The molecule has 3 unspecified atom stereocenters. The molecule has 0 bridgehead atoms. The second kappa shape index (κ2) is 11.2. The summed E-state index contributed by atoms with van der Waals surface area (Å²) < 4.78 is 55.6. The van der Waals surface area contributed by atoms with Crippen LogP contribution in [0.25, 0.3) is 0 Å². The molecule has 10 nitrogen and oxygen atoms in total. The molecule has 212 valence electrons. The van der Waals surface area contributed by atoms with Crippen LogP contribution in [0.15, 0.2) is 47.4 Å². The van der Waals surface area contributed by atoms with Crippen LogP contribution in [0.5, 0.6) is 0 Å². The topological polar surface area (TPSA) is 124 Å². The first kappa shape index (κ1) is 30.0. The van der Waals surface area contributed by atoms with Gasteiger partial charge in [-0.15, -0.1) is 0 Å². The summed E-state index contributed by atoms with van der Waals surface area (Å²) in [6, 6.07) is 7.74. The van der Waals surface area contributed by atoms with Gasteiger partial charge in [0.2, 0.25) is 31.9 Å². The summed E-state index contributed by atoms with van der Waals surface area (Å²) in [5.74, 6) is -1.10. The summed E-state index contributed by atoms with van der Waals surface area (Å²) >= 11 is 18.4. The van der Waals surface area contributed by atoms with E-state index in [9.17, 15) is 26.4 Å². The molecule has 0 aliphatic carbocycles. The van der Waals surface area contributed by atoms with Crippen LogP contribution in [-0.4, -0.2) is 86.4 Å². The Bertz CT molecular complexity index is 1520. The van der Waals surface area contributed by atoms with Crippen molar-refractivity contribution in [1.82, 2.24) is 18.8 Å². The first-order valence-electron chi connectivity index (χ1n) is 11.9. The van der Waals surface area contributed by atoms with E-state index >= 15 is 0 Å². The van der Waals surface area contributed by atoms with Gasteiger partial charge in [-0.2, -0.15) is 4.31 Å². The molecule has 2 aliphatic rings. The first-order chi connectivity index (χ1) is 18.1. The fourth-order valence-corrected chi connectivity index (χ4v) is 8.15. The van der Waals surface area contributed by atoms with Gasteiger partial charge < -0.3 is 9.80 Å². The maximum Gasteiger partial charge on any atom is 0.246 e. The quantitative estimate of drug-likeness (QED) is 0.498. The lowest BCUT2D eigenvalue weighted by atomic mass is 9.96. The third kappa shape index (κ3) is 6.22. The molecule has 2 heterocycles. The summed E-state index contributed by atoms with van der Waals surface area (Å²) in [4.78, 5) is 29.9. The van der Waals surface area contributed by atoms with Crippen molar-refractivity contribution >= 4 is 66.7 Å². The van der Waals surface area contributed by atoms with Crippen molar-refractivity contribution in [3.8, 4) is 0 Å². The zero-order valence-electron chi connectivity index (χ0n) is 21.2. The second-order valence-electron chi connectivity index (χ2n) is 9.75. The highest BCUT2D eigenvalue weighted by Crippen LogP contribution is 2.35. The number of halogens is 3. The summed E-state index contributed by atoms with van der Waals surface area (Å²) in [5, 5.41) is 0.514. The van der Waals surface area contributed by atoms with Crippen molar-refractivity contribution in [2.24, 2.45) is 0 Å². The van der Waals surface area contributed by atoms with Gasteiger partial charge >= 0.3 is 0 Å². The maximum atomic E-state index is 14.0. The van der Waals surface area contributed by atoms with Crippen molar-refractivity contribution in [2.45, 2.75) is 49.5 Å². The number of piperazine rings is 1. The first-order valence-corrected chi connectivity index (χ1v) is 16.4. The van der Waals surface area contributed by atoms with E-state index < -0.39 is 56.7 Å². The lowest BCUT2D eigenvalue weighted by Crippen LogP contribution is -2.76. The average molecular weight is 638 g/mol. The van der Waals surface area contributed by atoms with Gasteiger partial charge in [-0.25, -0.2) is 21.6 Å². The number of sulfonamides is 2. The van der Waals surface area contributed by atoms with Crippen molar-refractivity contribution in [3.63, 3.8) is 0 Å². The van der Waals surface area contributed by atoms with E-state index in [-0.39, 0.29) is 33.9 Å². The van der Waals surface area contributed by atoms with Gasteiger partial charge in [-0.3, -0.25) is 9.59 Å². The van der Waals surface area contributed by atoms with Gasteiger partial charge in [0.15, 0.2) is 0 Å². The summed E-state index contributed by atoms with van der Waals surface area (Å²) in [5.41, 5.74) is 0.645. The Morgan fingerprint density at radius 1 is 0.949 bits per heavy atom. The van der Waals surface area contributed by atoms with Gasteiger partial charge in [0.25, 0.3) is 0 Å². The molecule has 0 aromatic heterocycles. The molecule has 4 rings (SSSR count). The fourth-order valence-electron chi connectivity index (χ4n) is 4.92. The monoisotopic (exact) mass is 636 g/mol. The van der Waals surface area contributed by atoms with Gasteiger partial charge in [-0.1, -0.05) is 46.9 Å². The van der Waals surface area contributed by atoms with E-state index in [1.807, 2.05) is 0 Å². The van der Waals surface area contributed by atoms with Crippen LogP contribution in [0.1, 0.15) is 19.4 Å². The van der Waals surface area contributed by atoms with Crippen LogP contribution in [0.2, 0.25) is 15.1 Å². The van der Waals surface area contributed by atoms with Gasteiger partial charge in [0.1, 0.15) is 23.1 Å². The van der Waals surface area contributed by atoms with Crippen LogP contribution in [-0.2, 0) is 36.1 Å². The number of carbonyl (C=O) groups excluding carboxylic acids is 2. The Morgan fingerprint density at radius 3 is 2.21 bits per heavy atom. The Kier molecular flexibility index (Phi) is 8.59. The third-order valence-electron chi connectivity index (χ3n) is 6.61. The minimum Gasteiger partial charge on any atom is -0.335 e. The SMILES string of the molecule is CC(C)N1CC2N(C(=O)C(NS(C)(=O)=O)CN2S(=O)(=O)c2ccc(Cl)cc2Cl)C(Cc2cccc(Cl)c2)C1=O. The predicted octanol–water partition coefficient (Wildman–Crippen LogP) is 2.59. The molecular formula is C24H27Cl3N4O6S2. The van der Waals surface area contributed by atoms with E-state index in [4.69, 9.17) is 34.8 Å². The number of hydrogen-bond acceptors (Lipinski definition) is 6. The van der Waals surface area contributed by atoms with Gasteiger partial charge in [0, 0.05) is 29.1 Å². The van der Waals surface area contributed by atoms with Crippen molar-refractivity contribution in [1.29, 1.82) is 0 Å². The second-order valence-corrected chi connectivity index (χ2v) is 14.7. The Hall–Kier alpha value is -1.93. The van der Waals surface area contributed by atoms with Crippen molar-refractivity contribution in [2.75, 3.05) is 19.3 Å². The molecule has 2 fully saturated rings. The molecule has 0 spiro atoms. The third-order valence-corrected chi connectivity index (χ3v) is 10.1. The van der Waals surface area contributed by atoms with Crippen molar-refractivity contribution < 1.29 is 26.4 Å². The molecule has 0 radical (unpaired) electrons. The van der Waals surface area contributed by atoms with Gasteiger partial charge in [-0.05, 0) is 49.7 Å². The van der Waals surface area contributed by atoms with Crippen LogP contribution < -0.4 is 4.72 Å². The Morgan fingerprint density at radius 2 is 1.62 bits per heavy atom. The van der Waals surface area contributed by atoms with E-state index in [2.05, 4.69) is 4.72 Å². The van der Waals surface area contributed by atoms with Crippen LogP contribution in [0.3, 0.4) is 0 Å². The number of nitrogens with one attached hydrogen (secondary N) is 1. The molecule has 2 aromatic carbocycles. The summed E-state index contributed by atoms with van der Waals surface area (Å²) in [6.07, 6.45) is -0.227. The number of fused-ring (bicyclic) bond motifs is 1. The van der Waals surface area contributed by atoms with E-state index in [0.717, 1.165) is 10.6 Å². The Labute approximate surface area is 242 Å². The Balaban J connectivity index is 1.87. The number of amides is 2. The van der Waals surface area contributed by atoms with Crippen LogP contribution >= 0.6 is 34.8 Å². The lowest BCUT2D eigenvalue weighted by molar-refractivity contribution is -0.168. The molecular weight excluding hydrogens is 611 g/mol. The van der Waals surface area contributed by atoms with E-state index in [1.54, 1.807) is 38.1 Å². The number of carbonyl (C=O) groups is 2. The molecule has 39 heavy (non-hydrogen) atoms. The smallest absolute Gasteiger partial charge is 0.246 e. The maximum absolute atomic E-state index is 14.0. The zero-order valence-corrected chi connectivity index (χ0v) is 25.1. The molecule has 1 N–H and O–H groups in total. The van der Waals surface area contributed by atoms with Crippen LogP contribution in [0, 0.1) is 0 Å². The molecule has 2 aliphatic heterocycles. The number of hydrogen-bond donors (Lipinski definition) is 1. The van der Waals surface area contributed by atoms with E-state index in [0.29, 0.717) is 10.6 Å². The number of benzene rings is 2. The normalized spacial score (nSPS) is 22.9. The molecule has 15 heteroatoms. The van der Waals surface area contributed by atoms with Crippen molar-refractivity contribution in [3.05, 3.63) is 63.1 Å². The predicted molar refractivity (Wildman–Crippen MR) is 149 cm³/mol. The minimum absolute atomic E-state index is 0.0338. The highest BCUT2D eigenvalue weighted by Gasteiger charge is 2.54. The largest absolute Gasteiger partial charge is 0.335 e. The molecule has 2 amide bonds. The number of rotatable bonds is 7. The standard InChI is InChI=1S/C24H27Cl3N4O6S2/c1-14(2)29-13-22-30(39(36,37)21-8-7-17(26)11-18(21)27)12-19(28-38(3,34)35)23(32)31(22)20(24(29)33)10-15-5-4-6-16(25)9-15/h4-9,11,14,19-20,22,28H,10,12-13H2,1-3H3. The fraction of sp³-hybridized carbons (Fsp3) is 0.417. The highest BCUT2D eigenvalue weighted by molar-refractivity contribution is 7.89. The zero-order chi connectivity index (χ0) is 28.9. The van der Waals surface area contributed by atoms with Gasteiger partial charge in [0.05, 0.1) is 17.8 Å². The molecule has 2 saturated heterocycles.